The van der Waals surface area contributed by atoms with Gasteiger partial charge >= 0.3 is 6.09 Å². The molecule has 4 rings (SSSR count). The number of rotatable bonds is 13. The number of carbonyl (C=O) groups excluding carboxylic acids is 1. The van der Waals surface area contributed by atoms with Crippen molar-refractivity contribution in [2.45, 2.75) is 75.1 Å². The first-order chi connectivity index (χ1) is 19.6. The van der Waals surface area contributed by atoms with Crippen molar-refractivity contribution in [1.29, 1.82) is 0 Å². The highest BCUT2D eigenvalue weighted by Gasteiger charge is 2.46. The van der Waals surface area contributed by atoms with Crippen molar-refractivity contribution in [3.63, 3.8) is 0 Å². The van der Waals surface area contributed by atoms with Crippen LogP contribution in [0.1, 0.15) is 37.8 Å². The standard InChI is InChI=1S/C30H42N2O8S/c1-20(2)16-32(41(36,37)24-11-9-22(18-33)10-12-24)17-27(34)26(13-21-7-5-4-6-8-21)31-30(35)40-23-14-25-28(15-23)39-19-29(25)38-3/h4-12,20,23,25-29,33-34H,13-19H2,1-3H3,(H,31,35)/t23-,25+,26+,27?,28-,29+/m1/s1. The van der Waals surface area contributed by atoms with Gasteiger partial charge in [0.25, 0.3) is 0 Å². The van der Waals surface area contributed by atoms with Crippen LogP contribution < -0.4 is 5.32 Å². The summed E-state index contributed by atoms with van der Waals surface area (Å²) in [7, 11) is -2.31. The van der Waals surface area contributed by atoms with Crippen LogP contribution in [0.25, 0.3) is 0 Å². The third-order valence-electron chi connectivity index (χ3n) is 7.81. The van der Waals surface area contributed by atoms with Gasteiger partial charge < -0.3 is 29.7 Å². The zero-order valence-corrected chi connectivity index (χ0v) is 24.7. The quantitative estimate of drug-likeness (QED) is 0.324. The van der Waals surface area contributed by atoms with E-state index in [4.69, 9.17) is 14.2 Å². The molecule has 3 N–H and O–H groups in total. The van der Waals surface area contributed by atoms with Crippen molar-refractivity contribution in [2.24, 2.45) is 11.8 Å². The number of amides is 1. The number of benzene rings is 2. The van der Waals surface area contributed by atoms with E-state index in [1.807, 2.05) is 44.2 Å². The SMILES string of the molecule is CO[C@H]1CO[C@@H]2C[C@H](OC(=O)N[C@@H](Cc3ccccc3)C(O)CN(CC(C)C)S(=O)(=O)c3ccc(CO)cc3)C[C@H]12. The predicted molar refractivity (Wildman–Crippen MR) is 153 cm³/mol. The van der Waals surface area contributed by atoms with Crippen LogP contribution in [0.15, 0.2) is 59.5 Å². The lowest BCUT2D eigenvalue weighted by molar-refractivity contribution is 0.0297. The second-order valence-corrected chi connectivity index (χ2v) is 13.3. The molecule has 10 nitrogen and oxygen atoms in total. The van der Waals surface area contributed by atoms with Crippen molar-refractivity contribution < 1.29 is 37.6 Å². The minimum Gasteiger partial charge on any atom is -0.446 e. The van der Waals surface area contributed by atoms with Crippen LogP contribution in [-0.4, -0.2) is 86.3 Å². The van der Waals surface area contributed by atoms with Gasteiger partial charge in [-0.3, -0.25) is 0 Å². The van der Waals surface area contributed by atoms with Gasteiger partial charge in [-0.1, -0.05) is 56.3 Å². The number of nitrogens with one attached hydrogen (secondary N) is 1. The Morgan fingerprint density at radius 2 is 1.78 bits per heavy atom. The number of aliphatic hydroxyl groups is 2. The number of fused-ring (bicyclic) bond motifs is 1. The lowest BCUT2D eigenvalue weighted by Gasteiger charge is -2.31. The number of carbonyl (C=O) groups is 1. The number of hydrogen-bond acceptors (Lipinski definition) is 8. The molecule has 1 heterocycles. The van der Waals surface area contributed by atoms with Crippen LogP contribution in [0, 0.1) is 11.8 Å². The smallest absolute Gasteiger partial charge is 0.407 e. The minimum atomic E-state index is -3.96. The molecule has 2 aliphatic rings. The highest BCUT2D eigenvalue weighted by Crippen LogP contribution is 2.38. The van der Waals surface area contributed by atoms with Crippen LogP contribution in [0.2, 0.25) is 0 Å². The number of nitrogens with zero attached hydrogens (tertiary/aromatic N) is 1. The Bertz CT molecular complexity index is 1220. The fraction of sp³-hybridized carbons (Fsp3) is 0.567. The van der Waals surface area contributed by atoms with Gasteiger partial charge in [0, 0.05) is 32.5 Å². The average Bonchev–Trinajstić information content (AvgIpc) is 3.52. The van der Waals surface area contributed by atoms with Gasteiger partial charge in [-0.2, -0.15) is 4.31 Å². The Hall–Kier alpha value is -2.54. The van der Waals surface area contributed by atoms with E-state index in [-0.39, 0.29) is 61.2 Å². The molecular weight excluding hydrogens is 548 g/mol. The summed E-state index contributed by atoms with van der Waals surface area (Å²) in [5.74, 6) is 0.156. The summed E-state index contributed by atoms with van der Waals surface area (Å²) in [4.78, 5) is 13.1. The molecule has 0 radical (unpaired) electrons. The Balaban J connectivity index is 1.48. The maximum Gasteiger partial charge on any atom is 0.407 e. The lowest BCUT2D eigenvalue weighted by atomic mass is 10.0. The normalized spacial score (nSPS) is 23.9. The van der Waals surface area contributed by atoms with E-state index >= 15 is 0 Å². The minimum absolute atomic E-state index is 0.00954. The molecule has 6 atom stereocenters. The molecule has 1 saturated carbocycles. The largest absolute Gasteiger partial charge is 0.446 e. The third kappa shape index (κ3) is 8.06. The molecule has 41 heavy (non-hydrogen) atoms. The van der Waals surface area contributed by atoms with E-state index in [0.717, 1.165) is 5.56 Å². The van der Waals surface area contributed by atoms with Crippen molar-refractivity contribution in [2.75, 3.05) is 26.8 Å². The molecule has 1 aliphatic heterocycles. The monoisotopic (exact) mass is 590 g/mol. The fourth-order valence-corrected chi connectivity index (χ4v) is 7.29. The van der Waals surface area contributed by atoms with E-state index in [0.29, 0.717) is 25.0 Å². The van der Waals surface area contributed by atoms with Crippen molar-refractivity contribution >= 4 is 16.1 Å². The molecular formula is C30H42N2O8S. The molecule has 0 aromatic heterocycles. The second-order valence-electron chi connectivity index (χ2n) is 11.3. The molecule has 0 spiro atoms. The average molecular weight is 591 g/mol. The van der Waals surface area contributed by atoms with Crippen LogP contribution in [0.4, 0.5) is 4.79 Å². The van der Waals surface area contributed by atoms with E-state index in [1.165, 1.54) is 16.4 Å². The second kappa shape index (κ2) is 14.1. The van der Waals surface area contributed by atoms with E-state index < -0.39 is 28.3 Å². The van der Waals surface area contributed by atoms with Crippen LogP contribution in [0.5, 0.6) is 0 Å². The number of sulfonamides is 1. The Labute approximate surface area is 242 Å². The van der Waals surface area contributed by atoms with Gasteiger partial charge in [0.15, 0.2) is 0 Å². The molecule has 11 heteroatoms. The van der Waals surface area contributed by atoms with Gasteiger partial charge in [0.1, 0.15) is 6.10 Å². The van der Waals surface area contributed by atoms with Crippen molar-refractivity contribution in [3.05, 3.63) is 65.7 Å². The third-order valence-corrected chi connectivity index (χ3v) is 9.65. The van der Waals surface area contributed by atoms with Gasteiger partial charge in [-0.25, -0.2) is 13.2 Å². The van der Waals surface area contributed by atoms with E-state index in [9.17, 15) is 23.4 Å². The molecule has 2 fully saturated rings. The Morgan fingerprint density at radius 3 is 2.41 bits per heavy atom. The summed E-state index contributed by atoms with van der Waals surface area (Å²) in [5.41, 5.74) is 1.47. The summed E-state index contributed by atoms with van der Waals surface area (Å²) < 4.78 is 45.5. The molecule has 2 aromatic rings. The van der Waals surface area contributed by atoms with Gasteiger partial charge in [-0.15, -0.1) is 0 Å². The molecule has 226 valence electrons. The van der Waals surface area contributed by atoms with E-state index in [1.54, 1.807) is 19.2 Å². The fourth-order valence-electron chi connectivity index (χ4n) is 5.67. The summed E-state index contributed by atoms with van der Waals surface area (Å²) >= 11 is 0. The summed E-state index contributed by atoms with van der Waals surface area (Å²) in [6, 6.07) is 14.6. The Morgan fingerprint density at radius 1 is 1.07 bits per heavy atom. The number of aliphatic hydroxyl groups excluding tert-OH is 2. The summed E-state index contributed by atoms with van der Waals surface area (Å²) in [5, 5.41) is 23.6. The molecule has 1 unspecified atom stereocenters. The predicted octanol–water partition coefficient (Wildman–Crippen LogP) is 2.72. The first-order valence-electron chi connectivity index (χ1n) is 14.1. The van der Waals surface area contributed by atoms with Gasteiger partial charge in [0.05, 0.1) is 42.5 Å². The lowest BCUT2D eigenvalue weighted by Crippen LogP contribution is -2.51. The maximum atomic E-state index is 13.6. The first kappa shape index (κ1) is 31.4. The highest BCUT2D eigenvalue weighted by atomic mass is 32.2. The number of alkyl carbamates (subject to hydrolysis) is 1. The summed E-state index contributed by atoms with van der Waals surface area (Å²) in [6.07, 6.45) is -0.751. The number of hydrogen-bond donors (Lipinski definition) is 3. The zero-order valence-electron chi connectivity index (χ0n) is 23.9. The highest BCUT2D eigenvalue weighted by molar-refractivity contribution is 7.89. The van der Waals surface area contributed by atoms with E-state index in [2.05, 4.69) is 5.32 Å². The molecule has 0 bridgehead atoms. The summed E-state index contributed by atoms with van der Waals surface area (Å²) in [6.45, 7) is 4.09. The zero-order chi connectivity index (χ0) is 29.6. The maximum absolute atomic E-state index is 13.6. The van der Waals surface area contributed by atoms with Crippen LogP contribution >= 0.6 is 0 Å². The first-order valence-corrected chi connectivity index (χ1v) is 15.6. The molecule has 2 aromatic carbocycles. The topological polar surface area (TPSA) is 135 Å². The van der Waals surface area contributed by atoms with Crippen molar-refractivity contribution in [3.8, 4) is 0 Å². The molecule has 1 amide bonds. The van der Waals surface area contributed by atoms with Crippen molar-refractivity contribution in [1.82, 2.24) is 9.62 Å². The van der Waals surface area contributed by atoms with Crippen LogP contribution in [-0.2, 0) is 37.3 Å². The molecule has 1 aliphatic carbocycles. The van der Waals surface area contributed by atoms with Crippen LogP contribution in [0.3, 0.4) is 0 Å². The Kier molecular flexibility index (Phi) is 10.8. The number of ether oxygens (including phenoxy) is 3. The molecule has 1 saturated heterocycles. The van der Waals surface area contributed by atoms with Gasteiger partial charge in [-0.05, 0) is 42.0 Å². The number of methoxy groups -OCH3 is 1. The van der Waals surface area contributed by atoms with Gasteiger partial charge in [0.2, 0.25) is 10.0 Å².